The summed E-state index contributed by atoms with van der Waals surface area (Å²) >= 11 is 5.53. The number of aromatic nitrogens is 2. The van der Waals surface area contributed by atoms with Gasteiger partial charge >= 0.3 is 0 Å². The van der Waals surface area contributed by atoms with E-state index in [0.717, 1.165) is 37.8 Å². The standard InChI is InChI=1S/C23H32N6S/c1-17-7-9-19(10-8-17)15-24-23(30)27-22-25-20(28-11-3-4-12-28)14-21(26-22)29-13-5-6-18(2)16-29/h7-10,14,18H,3-6,11-13,15-16H2,1-2H3,(H2,24,25,26,27,30). The molecule has 1 aromatic carbocycles. The zero-order valence-corrected chi connectivity index (χ0v) is 18.8. The summed E-state index contributed by atoms with van der Waals surface area (Å²) < 4.78 is 0. The molecule has 2 N–H and O–H groups in total. The Bertz CT molecular complexity index is 862. The third-order valence-electron chi connectivity index (χ3n) is 5.91. The first kappa shape index (κ1) is 20.8. The van der Waals surface area contributed by atoms with Crippen molar-refractivity contribution in [2.75, 3.05) is 41.3 Å². The second-order valence-corrected chi connectivity index (χ2v) is 9.00. The fourth-order valence-corrected chi connectivity index (χ4v) is 4.34. The molecule has 3 heterocycles. The number of piperidine rings is 1. The number of benzene rings is 1. The molecule has 6 nitrogen and oxygen atoms in total. The van der Waals surface area contributed by atoms with Gasteiger partial charge in [-0.3, -0.25) is 0 Å². The van der Waals surface area contributed by atoms with Crippen LogP contribution in [0.5, 0.6) is 0 Å². The maximum Gasteiger partial charge on any atom is 0.232 e. The van der Waals surface area contributed by atoms with E-state index >= 15 is 0 Å². The van der Waals surface area contributed by atoms with Crippen LogP contribution in [0.2, 0.25) is 0 Å². The number of rotatable bonds is 5. The van der Waals surface area contributed by atoms with Gasteiger partial charge in [-0.2, -0.15) is 9.97 Å². The predicted octanol–water partition coefficient (Wildman–Crippen LogP) is 4.11. The van der Waals surface area contributed by atoms with Crippen LogP contribution < -0.4 is 20.4 Å². The topological polar surface area (TPSA) is 56.3 Å². The maximum atomic E-state index is 5.53. The molecule has 30 heavy (non-hydrogen) atoms. The third kappa shape index (κ3) is 5.39. The van der Waals surface area contributed by atoms with E-state index in [2.05, 4.69) is 64.6 Å². The molecular formula is C23H32N6S. The average molecular weight is 425 g/mol. The lowest BCUT2D eigenvalue weighted by Crippen LogP contribution is -2.35. The SMILES string of the molecule is Cc1ccc(CNC(=S)Nc2nc(N3CCCC3)cc(N3CCCC(C)C3)n2)cc1. The number of aryl methyl sites for hydroxylation is 1. The van der Waals surface area contributed by atoms with Gasteiger partial charge in [0.25, 0.3) is 0 Å². The van der Waals surface area contributed by atoms with Gasteiger partial charge < -0.3 is 20.4 Å². The van der Waals surface area contributed by atoms with Gasteiger partial charge in [-0.25, -0.2) is 0 Å². The Morgan fingerprint density at radius 3 is 2.40 bits per heavy atom. The van der Waals surface area contributed by atoms with Crippen LogP contribution in [0.25, 0.3) is 0 Å². The molecule has 160 valence electrons. The first-order chi connectivity index (χ1) is 14.6. The summed E-state index contributed by atoms with van der Waals surface area (Å²) in [5.74, 6) is 3.27. The Morgan fingerprint density at radius 1 is 1.03 bits per heavy atom. The zero-order chi connectivity index (χ0) is 20.9. The molecular weight excluding hydrogens is 392 g/mol. The minimum absolute atomic E-state index is 0.548. The van der Waals surface area contributed by atoms with Crippen molar-refractivity contribution in [1.82, 2.24) is 15.3 Å². The first-order valence-corrected chi connectivity index (χ1v) is 11.5. The maximum absolute atomic E-state index is 5.53. The molecule has 0 amide bonds. The van der Waals surface area contributed by atoms with Crippen molar-refractivity contribution < 1.29 is 0 Å². The van der Waals surface area contributed by atoms with Gasteiger partial charge in [0.05, 0.1) is 0 Å². The van der Waals surface area contributed by atoms with Gasteiger partial charge in [0.15, 0.2) is 5.11 Å². The summed E-state index contributed by atoms with van der Waals surface area (Å²) in [7, 11) is 0. The lowest BCUT2D eigenvalue weighted by atomic mass is 10.0. The van der Waals surface area contributed by atoms with E-state index in [1.54, 1.807) is 0 Å². The largest absolute Gasteiger partial charge is 0.358 e. The number of hydrogen-bond acceptors (Lipinski definition) is 5. The van der Waals surface area contributed by atoms with E-state index in [4.69, 9.17) is 22.2 Å². The van der Waals surface area contributed by atoms with Gasteiger partial charge in [-0.05, 0) is 56.3 Å². The van der Waals surface area contributed by atoms with Crippen LogP contribution in [0.15, 0.2) is 30.3 Å². The van der Waals surface area contributed by atoms with E-state index < -0.39 is 0 Å². The minimum atomic E-state index is 0.548. The molecule has 2 fully saturated rings. The molecule has 0 saturated carbocycles. The molecule has 2 aliphatic rings. The van der Waals surface area contributed by atoms with Crippen LogP contribution in [-0.4, -0.2) is 41.3 Å². The molecule has 4 rings (SSSR count). The van der Waals surface area contributed by atoms with Crippen molar-refractivity contribution in [3.63, 3.8) is 0 Å². The lowest BCUT2D eigenvalue weighted by Gasteiger charge is -2.32. The van der Waals surface area contributed by atoms with Crippen LogP contribution in [0.1, 0.15) is 43.7 Å². The van der Waals surface area contributed by atoms with Crippen LogP contribution in [-0.2, 0) is 6.54 Å². The van der Waals surface area contributed by atoms with Crippen molar-refractivity contribution in [3.05, 3.63) is 41.5 Å². The van der Waals surface area contributed by atoms with Crippen LogP contribution >= 0.6 is 12.2 Å². The van der Waals surface area contributed by atoms with Crippen LogP contribution in [0.3, 0.4) is 0 Å². The smallest absolute Gasteiger partial charge is 0.232 e. The molecule has 2 aliphatic heterocycles. The molecule has 2 aromatic rings. The lowest BCUT2D eigenvalue weighted by molar-refractivity contribution is 0.444. The molecule has 2 saturated heterocycles. The van der Waals surface area contributed by atoms with Crippen molar-refractivity contribution in [1.29, 1.82) is 0 Å². The number of nitrogens with zero attached hydrogens (tertiary/aromatic N) is 4. The van der Waals surface area contributed by atoms with Crippen molar-refractivity contribution in [2.45, 2.75) is 46.1 Å². The highest BCUT2D eigenvalue weighted by atomic mass is 32.1. The summed E-state index contributed by atoms with van der Waals surface area (Å²) in [6.45, 7) is 9.30. The second kappa shape index (κ2) is 9.60. The fraction of sp³-hybridized carbons (Fsp3) is 0.522. The quantitative estimate of drug-likeness (QED) is 0.701. The zero-order valence-electron chi connectivity index (χ0n) is 18.0. The summed E-state index contributed by atoms with van der Waals surface area (Å²) in [6.07, 6.45) is 4.95. The molecule has 0 aliphatic carbocycles. The summed E-state index contributed by atoms with van der Waals surface area (Å²) in [6, 6.07) is 10.6. The highest BCUT2D eigenvalue weighted by molar-refractivity contribution is 7.80. The molecule has 7 heteroatoms. The van der Waals surface area contributed by atoms with Gasteiger partial charge in [0.2, 0.25) is 5.95 Å². The molecule has 0 radical (unpaired) electrons. The van der Waals surface area contributed by atoms with E-state index in [1.165, 1.54) is 36.8 Å². The Balaban J connectivity index is 1.47. The van der Waals surface area contributed by atoms with Gasteiger partial charge in [0, 0.05) is 38.8 Å². The number of thiocarbonyl (C=S) groups is 1. The average Bonchev–Trinajstić information content (AvgIpc) is 3.28. The first-order valence-electron chi connectivity index (χ1n) is 11.1. The van der Waals surface area contributed by atoms with E-state index in [0.29, 0.717) is 23.5 Å². The monoisotopic (exact) mass is 424 g/mol. The van der Waals surface area contributed by atoms with E-state index in [1.807, 2.05) is 0 Å². The van der Waals surface area contributed by atoms with Gasteiger partial charge in [0.1, 0.15) is 11.6 Å². The minimum Gasteiger partial charge on any atom is -0.358 e. The third-order valence-corrected chi connectivity index (χ3v) is 6.16. The highest BCUT2D eigenvalue weighted by Gasteiger charge is 2.22. The number of nitrogens with one attached hydrogen (secondary N) is 2. The second-order valence-electron chi connectivity index (χ2n) is 8.59. The Kier molecular flexibility index (Phi) is 6.67. The Hall–Kier alpha value is -2.41. The fourth-order valence-electron chi connectivity index (χ4n) is 4.18. The van der Waals surface area contributed by atoms with Crippen LogP contribution in [0, 0.1) is 12.8 Å². The van der Waals surface area contributed by atoms with Crippen molar-refractivity contribution in [3.8, 4) is 0 Å². The predicted molar refractivity (Wildman–Crippen MR) is 128 cm³/mol. The van der Waals surface area contributed by atoms with Gasteiger partial charge in [-0.15, -0.1) is 0 Å². The van der Waals surface area contributed by atoms with Crippen LogP contribution in [0.4, 0.5) is 17.6 Å². The Morgan fingerprint density at radius 2 is 1.70 bits per heavy atom. The normalized spacial score (nSPS) is 19.1. The molecule has 0 spiro atoms. The van der Waals surface area contributed by atoms with Crippen molar-refractivity contribution >= 4 is 34.9 Å². The summed E-state index contributed by atoms with van der Waals surface area (Å²) in [5.41, 5.74) is 2.45. The number of anilines is 3. The molecule has 1 unspecified atom stereocenters. The molecule has 1 atom stereocenters. The Labute approximate surface area is 185 Å². The number of hydrogen-bond donors (Lipinski definition) is 2. The summed E-state index contributed by atoms with van der Waals surface area (Å²) in [4.78, 5) is 14.4. The van der Waals surface area contributed by atoms with Crippen molar-refractivity contribution in [2.24, 2.45) is 5.92 Å². The van der Waals surface area contributed by atoms with E-state index in [9.17, 15) is 0 Å². The summed E-state index contributed by atoms with van der Waals surface area (Å²) in [5, 5.41) is 7.05. The molecule has 0 bridgehead atoms. The van der Waals surface area contributed by atoms with E-state index in [-0.39, 0.29) is 0 Å². The van der Waals surface area contributed by atoms with Gasteiger partial charge in [-0.1, -0.05) is 36.8 Å². The highest BCUT2D eigenvalue weighted by Crippen LogP contribution is 2.27. The molecule has 1 aromatic heterocycles.